The highest BCUT2D eigenvalue weighted by Crippen LogP contribution is 2.62. The Kier molecular flexibility index (Phi) is 6.72. The van der Waals surface area contributed by atoms with Crippen LogP contribution in [-0.2, 0) is 20.8 Å². The van der Waals surface area contributed by atoms with E-state index in [2.05, 4.69) is 134 Å². The summed E-state index contributed by atoms with van der Waals surface area (Å²) in [6, 6.07) is 48.8. The topological polar surface area (TPSA) is 18.5 Å². The van der Waals surface area contributed by atoms with Crippen molar-refractivity contribution < 1.29 is 9.05 Å². The fourth-order valence-electron chi connectivity index (χ4n) is 5.35. The molecule has 0 spiro atoms. The van der Waals surface area contributed by atoms with E-state index in [-0.39, 0.29) is 6.10 Å². The highest BCUT2D eigenvalue weighted by atomic mass is 31.2. The van der Waals surface area contributed by atoms with Gasteiger partial charge in [-0.15, -0.1) is 0 Å². The zero-order chi connectivity index (χ0) is 25.1. The van der Waals surface area contributed by atoms with Crippen molar-refractivity contribution in [1.82, 2.24) is 0 Å². The van der Waals surface area contributed by atoms with Crippen molar-refractivity contribution in [3.8, 4) is 22.3 Å². The van der Waals surface area contributed by atoms with Gasteiger partial charge in [0, 0.05) is 6.16 Å². The molecule has 0 N–H and O–H groups in total. The maximum absolute atomic E-state index is 7.06. The van der Waals surface area contributed by atoms with Crippen molar-refractivity contribution in [1.29, 1.82) is 0 Å². The first-order chi connectivity index (χ1) is 18.3. The van der Waals surface area contributed by atoms with Crippen LogP contribution in [0.25, 0.3) is 22.3 Å². The van der Waals surface area contributed by atoms with Gasteiger partial charge in [-0.05, 0) is 45.9 Å². The molecule has 1 aliphatic heterocycles. The van der Waals surface area contributed by atoms with E-state index in [1.165, 1.54) is 27.8 Å². The van der Waals surface area contributed by atoms with Crippen molar-refractivity contribution in [3.63, 3.8) is 0 Å². The lowest BCUT2D eigenvalue weighted by molar-refractivity contribution is 0.0857. The largest absolute Gasteiger partial charge is 0.327 e. The molecule has 2 unspecified atom stereocenters. The smallest absolute Gasteiger partial charge is 0.176 e. The van der Waals surface area contributed by atoms with E-state index < -0.39 is 14.0 Å². The monoisotopic (exact) mass is 500 g/mol. The predicted octanol–water partition coefficient (Wildman–Crippen LogP) is 9.21. The minimum Gasteiger partial charge on any atom is -0.327 e. The van der Waals surface area contributed by atoms with E-state index in [1.807, 2.05) is 12.1 Å². The zero-order valence-electron chi connectivity index (χ0n) is 20.8. The lowest BCUT2D eigenvalue weighted by Crippen LogP contribution is -2.36. The van der Waals surface area contributed by atoms with Gasteiger partial charge in [0.05, 0.1) is 6.10 Å². The first-order valence-corrected chi connectivity index (χ1v) is 14.1. The summed E-state index contributed by atoms with van der Waals surface area (Å²) < 4.78 is 13.8. The molecule has 1 heterocycles. The molecule has 2 atom stereocenters. The van der Waals surface area contributed by atoms with Gasteiger partial charge in [0.2, 0.25) is 0 Å². The molecule has 1 saturated heterocycles. The second-order valence-corrected chi connectivity index (χ2v) is 10.7. The van der Waals surface area contributed by atoms with Crippen LogP contribution in [0, 0.1) is 0 Å². The van der Waals surface area contributed by atoms with Crippen LogP contribution in [-0.4, -0.2) is 6.10 Å². The van der Waals surface area contributed by atoms with E-state index in [0.717, 1.165) is 11.1 Å². The minimum absolute atomic E-state index is 0.132. The lowest BCUT2D eigenvalue weighted by atomic mass is 9.82. The van der Waals surface area contributed by atoms with Crippen LogP contribution < -0.4 is 0 Å². The van der Waals surface area contributed by atoms with Gasteiger partial charge < -0.3 is 9.05 Å². The summed E-state index contributed by atoms with van der Waals surface area (Å²) >= 11 is 0. The zero-order valence-corrected chi connectivity index (χ0v) is 21.7. The predicted molar refractivity (Wildman–Crippen MR) is 153 cm³/mol. The highest BCUT2D eigenvalue weighted by Gasteiger charge is 2.51. The Balaban J connectivity index is 1.44. The summed E-state index contributed by atoms with van der Waals surface area (Å²) in [7, 11) is -1.21. The third-order valence-corrected chi connectivity index (χ3v) is 8.75. The first-order valence-electron chi connectivity index (χ1n) is 12.7. The van der Waals surface area contributed by atoms with Crippen LogP contribution in [0.3, 0.4) is 0 Å². The van der Waals surface area contributed by atoms with Crippen LogP contribution in [0.15, 0.2) is 140 Å². The maximum atomic E-state index is 7.06. The normalized spacial score (nSPS) is 18.5. The fourth-order valence-corrected chi connectivity index (χ4v) is 7.31. The Morgan fingerprint density at radius 2 is 1.00 bits per heavy atom. The summed E-state index contributed by atoms with van der Waals surface area (Å²) in [5, 5.41) is 0. The standard InChI is InChI=1S/C34H29O2P/c1-26-34(29-19-10-4-11-20-29,30-21-12-5-13-22-30)36-37(35-26)25-33-31(27-15-6-2-7-16-27)23-14-24-32(33)28-17-8-3-9-18-28/h2-24,26H,25H2,1H3. The van der Waals surface area contributed by atoms with E-state index in [9.17, 15) is 0 Å². The molecule has 0 aliphatic carbocycles. The van der Waals surface area contributed by atoms with E-state index in [4.69, 9.17) is 9.05 Å². The third kappa shape index (κ3) is 4.54. The van der Waals surface area contributed by atoms with E-state index in [1.54, 1.807) is 0 Å². The summed E-state index contributed by atoms with van der Waals surface area (Å²) in [4.78, 5) is 0. The van der Waals surface area contributed by atoms with Crippen molar-refractivity contribution in [2.75, 3.05) is 0 Å². The highest BCUT2D eigenvalue weighted by molar-refractivity contribution is 7.46. The fraction of sp³-hybridized carbons (Fsp3) is 0.118. The molecule has 0 aromatic heterocycles. The molecule has 1 aliphatic rings. The Morgan fingerprint density at radius 1 is 0.568 bits per heavy atom. The number of hydrogen-bond donors (Lipinski definition) is 0. The Labute approximate surface area is 220 Å². The van der Waals surface area contributed by atoms with Gasteiger partial charge in [-0.3, -0.25) is 0 Å². The van der Waals surface area contributed by atoms with Crippen molar-refractivity contribution in [2.24, 2.45) is 0 Å². The van der Waals surface area contributed by atoms with Gasteiger partial charge >= 0.3 is 0 Å². The molecule has 182 valence electrons. The molecule has 0 amide bonds. The average molecular weight is 501 g/mol. The first kappa shape index (κ1) is 23.8. The van der Waals surface area contributed by atoms with Crippen LogP contribution in [0.4, 0.5) is 0 Å². The molecule has 0 bridgehead atoms. The number of benzene rings is 5. The Hall–Kier alpha value is -3.55. The summed E-state index contributed by atoms with van der Waals surface area (Å²) in [5.41, 5.74) is 7.71. The lowest BCUT2D eigenvalue weighted by Gasteiger charge is -2.32. The van der Waals surface area contributed by atoms with Gasteiger partial charge in [0.1, 0.15) is 0 Å². The van der Waals surface area contributed by atoms with Crippen LogP contribution in [0.5, 0.6) is 0 Å². The quantitative estimate of drug-likeness (QED) is 0.216. The average Bonchev–Trinajstić information content (AvgIpc) is 3.31. The molecular formula is C34H29O2P. The molecule has 6 rings (SSSR count). The molecular weight excluding hydrogens is 471 g/mol. The summed E-state index contributed by atoms with van der Waals surface area (Å²) in [5.74, 6) is 0. The molecule has 3 heteroatoms. The molecule has 0 saturated carbocycles. The van der Waals surface area contributed by atoms with Crippen LogP contribution >= 0.6 is 8.38 Å². The van der Waals surface area contributed by atoms with Gasteiger partial charge in [-0.1, -0.05) is 140 Å². The second-order valence-electron chi connectivity index (χ2n) is 9.36. The molecule has 5 aromatic rings. The van der Waals surface area contributed by atoms with Crippen molar-refractivity contribution >= 4 is 8.38 Å². The molecule has 0 radical (unpaired) electrons. The Bertz CT molecular complexity index is 1360. The van der Waals surface area contributed by atoms with Crippen molar-refractivity contribution in [3.05, 3.63) is 156 Å². The summed E-state index contributed by atoms with van der Waals surface area (Å²) in [6.07, 6.45) is 0.573. The third-order valence-electron chi connectivity index (χ3n) is 7.13. The number of hydrogen-bond acceptors (Lipinski definition) is 2. The van der Waals surface area contributed by atoms with Gasteiger partial charge in [-0.25, -0.2) is 0 Å². The van der Waals surface area contributed by atoms with Crippen molar-refractivity contribution in [2.45, 2.75) is 24.8 Å². The summed E-state index contributed by atoms with van der Waals surface area (Å²) in [6.45, 7) is 2.14. The second kappa shape index (κ2) is 10.4. The van der Waals surface area contributed by atoms with Gasteiger partial charge in [0.15, 0.2) is 14.0 Å². The molecule has 5 aromatic carbocycles. The van der Waals surface area contributed by atoms with Crippen LogP contribution in [0.2, 0.25) is 0 Å². The van der Waals surface area contributed by atoms with Crippen LogP contribution in [0.1, 0.15) is 23.6 Å². The number of rotatable bonds is 6. The van der Waals surface area contributed by atoms with Gasteiger partial charge in [-0.2, -0.15) is 0 Å². The van der Waals surface area contributed by atoms with E-state index >= 15 is 0 Å². The molecule has 37 heavy (non-hydrogen) atoms. The SMILES string of the molecule is CC1OP(Cc2c(-c3ccccc3)cccc2-c2ccccc2)OC1(c1ccccc1)c1ccccc1. The van der Waals surface area contributed by atoms with E-state index in [0.29, 0.717) is 6.16 Å². The maximum Gasteiger partial charge on any atom is 0.176 e. The minimum atomic E-state index is -1.21. The Morgan fingerprint density at radius 3 is 1.46 bits per heavy atom. The molecule has 1 fully saturated rings. The van der Waals surface area contributed by atoms with Gasteiger partial charge in [0.25, 0.3) is 0 Å². The molecule has 2 nitrogen and oxygen atoms in total.